The molecule has 0 aromatic heterocycles. The van der Waals surface area contributed by atoms with Crippen molar-refractivity contribution in [3.05, 3.63) is 53.6 Å². The van der Waals surface area contributed by atoms with Crippen LogP contribution in [-0.2, 0) is 11.2 Å². The molecule has 1 unspecified atom stereocenters. The Morgan fingerprint density at radius 3 is 2.47 bits per heavy atom. The summed E-state index contributed by atoms with van der Waals surface area (Å²) in [6.07, 6.45) is 1.16. The quantitative estimate of drug-likeness (QED) is 0.759. The highest BCUT2D eigenvalue weighted by molar-refractivity contribution is 6.00. The van der Waals surface area contributed by atoms with Gasteiger partial charge in [-0.05, 0) is 38.2 Å². The highest BCUT2D eigenvalue weighted by atomic mass is 16.5. The third-order valence-electron chi connectivity index (χ3n) is 5.39. The molecule has 160 valence electrons. The Balaban J connectivity index is 1.83. The summed E-state index contributed by atoms with van der Waals surface area (Å²) in [6.45, 7) is 1.38. The van der Waals surface area contributed by atoms with E-state index >= 15 is 0 Å². The summed E-state index contributed by atoms with van der Waals surface area (Å²) in [4.78, 5) is 29.7. The summed E-state index contributed by atoms with van der Waals surface area (Å²) < 4.78 is 10.9. The van der Waals surface area contributed by atoms with Gasteiger partial charge in [0.25, 0.3) is 5.91 Å². The molecule has 0 aliphatic carbocycles. The first-order chi connectivity index (χ1) is 14.4. The predicted octanol–water partition coefficient (Wildman–Crippen LogP) is 2.66. The minimum Gasteiger partial charge on any atom is -0.493 e. The van der Waals surface area contributed by atoms with E-state index in [1.54, 1.807) is 12.1 Å². The van der Waals surface area contributed by atoms with Crippen LogP contribution in [0.5, 0.6) is 11.5 Å². The first-order valence-electron chi connectivity index (χ1n) is 9.98. The van der Waals surface area contributed by atoms with Crippen LogP contribution in [0.1, 0.15) is 22.3 Å². The Hall–Kier alpha value is -3.06. The molecule has 1 heterocycles. The first-order valence-corrected chi connectivity index (χ1v) is 9.98. The molecule has 1 saturated heterocycles. The monoisotopic (exact) mass is 411 g/mol. The van der Waals surface area contributed by atoms with Crippen LogP contribution in [0.4, 0.5) is 5.69 Å². The van der Waals surface area contributed by atoms with Crippen molar-refractivity contribution < 1.29 is 19.1 Å². The van der Waals surface area contributed by atoms with Gasteiger partial charge in [-0.25, -0.2) is 0 Å². The topological polar surface area (TPSA) is 71.1 Å². The molecule has 30 heavy (non-hydrogen) atoms. The smallest absolute Gasteiger partial charge is 0.254 e. The molecule has 0 bridgehead atoms. The van der Waals surface area contributed by atoms with E-state index in [1.807, 2.05) is 49.3 Å². The largest absolute Gasteiger partial charge is 0.493 e. The van der Waals surface area contributed by atoms with E-state index in [2.05, 4.69) is 10.2 Å². The number of ether oxygens (including phenoxy) is 2. The molecule has 3 rings (SSSR count). The average molecular weight is 412 g/mol. The van der Waals surface area contributed by atoms with Crippen molar-refractivity contribution in [3.63, 3.8) is 0 Å². The number of benzene rings is 2. The van der Waals surface area contributed by atoms with Crippen LogP contribution < -0.4 is 14.8 Å². The number of likely N-dealkylation sites (tertiary alicyclic amines) is 1. The SMILES string of the molecule is COc1cc(C(=O)N2CCC(N(C)C)C2)cc(NC(=O)Cc2ccccc2)c1OC. The van der Waals surface area contributed by atoms with Crippen LogP contribution in [0.2, 0.25) is 0 Å². The Bertz CT molecular complexity index is 899. The van der Waals surface area contributed by atoms with Gasteiger partial charge in [-0.1, -0.05) is 30.3 Å². The van der Waals surface area contributed by atoms with Gasteiger partial charge in [-0.15, -0.1) is 0 Å². The zero-order valence-electron chi connectivity index (χ0n) is 18.0. The molecular weight excluding hydrogens is 382 g/mol. The number of anilines is 1. The molecule has 0 saturated carbocycles. The molecule has 7 heteroatoms. The molecule has 2 aromatic carbocycles. The molecule has 0 radical (unpaired) electrons. The van der Waals surface area contributed by atoms with Crippen molar-refractivity contribution in [3.8, 4) is 11.5 Å². The lowest BCUT2D eigenvalue weighted by atomic mass is 10.1. The molecule has 2 amide bonds. The number of methoxy groups -OCH3 is 2. The van der Waals surface area contributed by atoms with Crippen LogP contribution in [0.3, 0.4) is 0 Å². The lowest BCUT2D eigenvalue weighted by Gasteiger charge is -2.21. The van der Waals surface area contributed by atoms with Crippen molar-refractivity contribution >= 4 is 17.5 Å². The number of amides is 2. The van der Waals surface area contributed by atoms with E-state index < -0.39 is 0 Å². The van der Waals surface area contributed by atoms with Crippen molar-refractivity contribution in [2.75, 3.05) is 46.7 Å². The van der Waals surface area contributed by atoms with E-state index in [9.17, 15) is 9.59 Å². The van der Waals surface area contributed by atoms with E-state index in [0.717, 1.165) is 12.0 Å². The second kappa shape index (κ2) is 9.63. The van der Waals surface area contributed by atoms with Gasteiger partial charge in [0.05, 0.1) is 26.3 Å². The second-order valence-electron chi connectivity index (χ2n) is 7.63. The summed E-state index contributed by atoms with van der Waals surface area (Å²) in [5.74, 6) is 0.517. The number of likely N-dealkylation sites (N-methyl/N-ethyl adjacent to an activating group) is 1. The van der Waals surface area contributed by atoms with Gasteiger partial charge in [0.1, 0.15) is 0 Å². The fourth-order valence-electron chi connectivity index (χ4n) is 3.69. The maximum Gasteiger partial charge on any atom is 0.254 e. The van der Waals surface area contributed by atoms with Crippen LogP contribution >= 0.6 is 0 Å². The normalized spacial score (nSPS) is 15.9. The molecule has 1 aliphatic heterocycles. The summed E-state index contributed by atoms with van der Waals surface area (Å²) in [5, 5.41) is 2.87. The molecule has 0 spiro atoms. The molecule has 1 aliphatic rings. The first kappa shape index (κ1) is 21.6. The Morgan fingerprint density at radius 2 is 1.87 bits per heavy atom. The summed E-state index contributed by atoms with van der Waals surface area (Å²) in [7, 11) is 7.07. The molecule has 2 aromatic rings. The zero-order chi connectivity index (χ0) is 21.7. The van der Waals surface area contributed by atoms with Crippen LogP contribution in [0.25, 0.3) is 0 Å². The number of rotatable bonds is 7. The minimum atomic E-state index is -0.194. The molecular formula is C23H29N3O4. The van der Waals surface area contributed by atoms with Gasteiger partial charge in [0.15, 0.2) is 11.5 Å². The zero-order valence-corrected chi connectivity index (χ0v) is 18.0. The Morgan fingerprint density at radius 1 is 1.13 bits per heavy atom. The predicted molar refractivity (Wildman–Crippen MR) is 116 cm³/mol. The average Bonchev–Trinajstić information content (AvgIpc) is 3.24. The number of nitrogens with one attached hydrogen (secondary N) is 1. The number of hydrogen-bond acceptors (Lipinski definition) is 5. The number of carbonyl (C=O) groups excluding carboxylic acids is 2. The van der Waals surface area contributed by atoms with Gasteiger partial charge in [0, 0.05) is 24.7 Å². The third kappa shape index (κ3) is 4.91. The minimum absolute atomic E-state index is 0.0844. The van der Waals surface area contributed by atoms with Gasteiger partial charge in [0.2, 0.25) is 5.91 Å². The van der Waals surface area contributed by atoms with Crippen molar-refractivity contribution in [2.45, 2.75) is 18.9 Å². The molecule has 1 atom stereocenters. The standard InChI is InChI=1S/C23H29N3O4/c1-25(2)18-10-11-26(15-18)23(28)17-13-19(22(30-4)20(14-17)29-3)24-21(27)12-16-8-6-5-7-9-16/h5-9,13-14,18H,10-12,15H2,1-4H3,(H,24,27). The van der Waals surface area contributed by atoms with E-state index in [0.29, 0.717) is 41.9 Å². The van der Waals surface area contributed by atoms with Gasteiger partial charge in [-0.3, -0.25) is 9.59 Å². The maximum absolute atomic E-state index is 13.1. The highest BCUT2D eigenvalue weighted by Crippen LogP contribution is 2.37. The summed E-state index contributed by atoms with van der Waals surface area (Å²) >= 11 is 0. The maximum atomic E-state index is 13.1. The van der Waals surface area contributed by atoms with E-state index in [1.165, 1.54) is 14.2 Å². The summed E-state index contributed by atoms with van der Waals surface area (Å²) in [6, 6.07) is 13.2. The van der Waals surface area contributed by atoms with E-state index in [4.69, 9.17) is 9.47 Å². The summed E-state index contributed by atoms with van der Waals surface area (Å²) in [5.41, 5.74) is 1.78. The van der Waals surface area contributed by atoms with Crippen molar-refractivity contribution in [1.29, 1.82) is 0 Å². The van der Waals surface area contributed by atoms with Gasteiger partial charge in [-0.2, -0.15) is 0 Å². The molecule has 1 fully saturated rings. The Kier molecular flexibility index (Phi) is 6.95. The van der Waals surface area contributed by atoms with Crippen LogP contribution in [0, 0.1) is 0 Å². The second-order valence-corrected chi connectivity index (χ2v) is 7.63. The number of nitrogens with zero attached hydrogens (tertiary/aromatic N) is 2. The Labute approximate surface area is 177 Å². The fraction of sp³-hybridized carbons (Fsp3) is 0.391. The van der Waals surface area contributed by atoms with Crippen molar-refractivity contribution in [1.82, 2.24) is 9.80 Å². The van der Waals surface area contributed by atoms with E-state index in [-0.39, 0.29) is 18.2 Å². The molecule has 1 N–H and O–H groups in total. The van der Waals surface area contributed by atoms with Gasteiger partial charge < -0.3 is 24.6 Å². The lowest BCUT2D eigenvalue weighted by Crippen LogP contribution is -2.34. The van der Waals surface area contributed by atoms with Crippen LogP contribution in [-0.4, -0.2) is 69.1 Å². The van der Waals surface area contributed by atoms with Crippen molar-refractivity contribution in [2.24, 2.45) is 0 Å². The van der Waals surface area contributed by atoms with Crippen LogP contribution in [0.15, 0.2) is 42.5 Å². The third-order valence-corrected chi connectivity index (χ3v) is 5.39. The lowest BCUT2D eigenvalue weighted by molar-refractivity contribution is -0.115. The fourth-order valence-corrected chi connectivity index (χ4v) is 3.69. The number of hydrogen-bond donors (Lipinski definition) is 1. The molecule has 7 nitrogen and oxygen atoms in total. The van der Waals surface area contributed by atoms with Gasteiger partial charge >= 0.3 is 0 Å². The number of carbonyl (C=O) groups is 2. The highest BCUT2D eigenvalue weighted by Gasteiger charge is 2.29.